The number of esters is 1. The molecule has 2 aromatic rings. The van der Waals surface area contributed by atoms with E-state index in [0.717, 1.165) is 4.31 Å². The maximum Gasteiger partial charge on any atom is 0.307 e. The van der Waals surface area contributed by atoms with Crippen LogP contribution in [0.4, 0.5) is 4.39 Å². The molecule has 1 fully saturated rings. The second-order valence-electron chi connectivity index (χ2n) is 7.84. The first-order valence-electron chi connectivity index (χ1n) is 10.9. The Morgan fingerprint density at radius 1 is 1.06 bits per heavy atom. The monoisotopic (exact) mass is 494 g/mol. The molecule has 0 bridgehead atoms. The molecule has 3 rings (SSSR count). The third-order valence-electron chi connectivity index (χ3n) is 5.72. The Bertz CT molecular complexity index is 1100. The molecule has 2 aromatic carbocycles. The van der Waals surface area contributed by atoms with E-state index in [2.05, 4.69) is 0 Å². The molecular formula is C23H27FN2O7S. The minimum atomic E-state index is -4.26. The van der Waals surface area contributed by atoms with Crippen molar-refractivity contribution in [2.75, 3.05) is 13.2 Å². The van der Waals surface area contributed by atoms with Gasteiger partial charge in [-0.2, -0.15) is 4.31 Å². The average Bonchev–Trinajstić information content (AvgIpc) is 3.31. The van der Waals surface area contributed by atoms with Crippen LogP contribution in [0.3, 0.4) is 0 Å². The number of sulfonamides is 1. The molecule has 0 heterocycles. The summed E-state index contributed by atoms with van der Waals surface area (Å²) in [5.74, 6) is -1.15. The summed E-state index contributed by atoms with van der Waals surface area (Å²) >= 11 is 0. The number of rotatable bonds is 10. The smallest absolute Gasteiger partial charge is 0.307 e. The zero-order valence-corrected chi connectivity index (χ0v) is 19.5. The van der Waals surface area contributed by atoms with Crippen molar-refractivity contribution in [3.63, 3.8) is 0 Å². The number of hydrogen-bond donors (Lipinski definition) is 2. The molecule has 0 atom stereocenters. The van der Waals surface area contributed by atoms with Crippen molar-refractivity contribution in [3.05, 3.63) is 54.3 Å². The van der Waals surface area contributed by atoms with Gasteiger partial charge in [-0.1, -0.05) is 12.8 Å². The van der Waals surface area contributed by atoms with Gasteiger partial charge < -0.3 is 9.47 Å². The highest BCUT2D eigenvalue weighted by Gasteiger charge is 2.51. The fourth-order valence-electron chi connectivity index (χ4n) is 4.09. The molecule has 0 spiro atoms. The molecule has 0 aromatic heterocycles. The second kappa shape index (κ2) is 10.9. The molecule has 1 amide bonds. The van der Waals surface area contributed by atoms with Crippen LogP contribution in [0.2, 0.25) is 0 Å². The first-order chi connectivity index (χ1) is 16.2. The molecule has 2 N–H and O–H groups in total. The van der Waals surface area contributed by atoms with Gasteiger partial charge in [-0.3, -0.25) is 14.8 Å². The lowest BCUT2D eigenvalue weighted by molar-refractivity contribution is -0.145. The fraction of sp³-hybridized carbons (Fsp3) is 0.391. The SMILES string of the molecule is CCOC(=O)CCN(C1(C(=O)NO)CCCC1)S(=O)(=O)c1ccc(Oc2ccc(F)cc2)cc1. The summed E-state index contributed by atoms with van der Waals surface area (Å²) in [6, 6.07) is 10.9. The van der Waals surface area contributed by atoms with Gasteiger partial charge in [0.1, 0.15) is 22.9 Å². The molecule has 0 saturated heterocycles. The highest BCUT2D eigenvalue weighted by molar-refractivity contribution is 7.89. The van der Waals surface area contributed by atoms with Crippen molar-refractivity contribution >= 4 is 21.9 Å². The number of nitrogens with one attached hydrogen (secondary N) is 1. The summed E-state index contributed by atoms with van der Waals surface area (Å²) in [5, 5.41) is 9.35. The van der Waals surface area contributed by atoms with Gasteiger partial charge in [-0.15, -0.1) is 0 Å². The van der Waals surface area contributed by atoms with E-state index in [1.165, 1.54) is 48.5 Å². The van der Waals surface area contributed by atoms with Gasteiger partial charge in [-0.05, 0) is 68.3 Å². The third kappa shape index (κ3) is 5.54. The molecule has 0 radical (unpaired) electrons. The van der Waals surface area contributed by atoms with Crippen LogP contribution in [0.15, 0.2) is 53.4 Å². The predicted molar refractivity (Wildman–Crippen MR) is 119 cm³/mol. The van der Waals surface area contributed by atoms with E-state index in [1.807, 2.05) is 0 Å². The van der Waals surface area contributed by atoms with E-state index >= 15 is 0 Å². The van der Waals surface area contributed by atoms with Crippen LogP contribution in [0.1, 0.15) is 39.0 Å². The summed E-state index contributed by atoms with van der Waals surface area (Å²) in [5.41, 5.74) is 0.0726. The van der Waals surface area contributed by atoms with E-state index in [-0.39, 0.29) is 37.3 Å². The van der Waals surface area contributed by atoms with Crippen LogP contribution >= 0.6 is 0 Å². The molecule has 1 aliphatic rings. The Kier molecular flexibility index (Phi) is 8.24. The third-order valence-corrected chi connectivity index (χ3v) is 7.70. The number of hydroxylamine groups is 1. The van der Waals surface area contributed by atoms with Gasteiger partial charge in [0.05, 0.1) is 17.9 Å². The highest BCUT2D eigenvalue weighted by atomic mass is 32.2. The first-order valence-corrected chi connectivity index (χ1v) is 12.3. The van der Waals surface area contributed by atoms with Crippen LogP contribution in [-0.2, 0) is 24.3 Å². The molecule has 0 aliphatic heterocycles. The van der Waals surface area contributed by atoms with Crippen LogP contribution < -0.4 is 10.2 Å². The van der Waals surface area contributed by atoms with Gasteiger partial charge in [0, 0.05) is 6.54 Å². The maximum absolute atomic E-state index is 13.7. The zero-order valence-electron chi connectivity index (χ0n) is 18.7. The molecular weight excluding hydrogens is 467 g/mol. The van der Waals surface area contributed by atoms with Crippen molar-refractivity contribution in [1.82, 2.24) is 9.79 Å². The number of carbonyl (C=O) groups is 2. The number of carbonyl (C=O) groups excluding carboxylic acids is 2. The van der Waals surface area contributed by atoms with Crippen molar-refractivity contribution in [1.29, 1.82) is 0 Å². The summed E-state index contributed by atoms with van der Waals surface area (Å²) < 4.78 is 51.9. The van der Waals surface area contributed by atoms with Gasteiger partial charge in [-0.25, -0.2) is 18.3 Å². The molecule has 9 nitrogen and oxygen atoms in total. The minimum Gasteiger partial charge on any atom is -0.466 e. The quantitative estimate of drug-likeness (QED) is 0.295. The highest BCUT2D eigenvalue weighted by Crippen LogP contribution is 2.39. The first kappa shape index (κ1) is 25.6. The van der Waals surface area contributed by atoms with Gasteiger partial charge in [0.2, 0.25) is 10.0 Å². The van der Waals surface area contributed by atoms with Gasteiger partial charge in [0.25, 0.3) is 5.91 Å². The maximum atomic E-state index is 13.7. The Labute approximate surface area is 197 Å². The second-order valence-corrected chi connectivity index (χ2v) is 9.70. The standard InChI is InChI=1S/C23H27FN2O7S/c1-2-32-21(27)13-16-26(23(22(28)25-29)14-3-4-15-23)34(30,31)20-11-9-19(10-12-20)33-18-7-5-17(24)6-8-18/h5-12,29H,2-4,13-16H2,1H3,(H,25,28). The van der Waals surface area contributed by atoms with Crippen LogP contribution in [0.5, 0.6) is 11.5 Å². The van der Waals surface area contributed by atoms with E-state index < -0.39 is 33.3 Å². The van der Waals surface area contributed by atoms with E-state index in [9.17, 15) is 27.6 Å². The molecule has 1 saturated carbocycles. The Morgan fingerprint density at radius 3 is 2.15 bits per heavy atom. The number of hydrogen-bond acceptors (Lipinski definition) is 7. The number of nitrogens with zero attached hydrogens (tertiary/aromatic N) is 1. The number of halogens is 1. The summed E-state index contributed by atoms with van der Waals surface area (Å²) in [4.78, 5) is 24.5. The molecule has 184 valence electrons. The van der Waals surface area contributed by atoms with Crippen molar-refractivity contribution in [2.24, 2.45) is 0 Å². The number of amides is 1. The van der Waals surface area contributed by atoms with E-state index in [0.29, 0.717) is 24.3 Å². The minimum absolute atomic E-state index is 0.111. The normalized spacial score (nSPS) is 15.2. The van der Waals surface area contributed by atoms with Crippen LogP contribution in [0.25, 0.3) is 0 Å². The largest absolute Gasteiger partial charge is 0.466 e. The molecule has 11 heteroatoms. The molecule has 1 aliphatic carbocycles. The van der Waals surface area contributed by atoms with Gasteiger partial charge >= 0.3 is 5.97 Å². The summed E-state index contributed by atoms with van der Waals surface area (Å²) in [6.07, 6.45) is 1.33. The predicted octanol–water partition coefficient (Wildman–Crippen LogP) is 3.38. The fourth-order valence-corrected chi connectivity index (χ4v) is 5.88. The molecule has 34 heavy (non-hydrogen) atoms. The molecule has 0 unspecified atom stereocenters. The van der Waals surface area contributed by atoms with Crippen molar-refractivity contribution in [2.45, 2.75) is 49.5 Å². The van der Waals surface area contributed by atoms with Crippen molar-refractivity contribution in [3.8, 4) is 11.5 Å². The van der Waals surface area contributed by atoms with E-state index in [1.54, 1.807) is 12.4 Å². The average molecular weight is 495 g/mol. The lowest BCUT2D eigenvalue weighted by Gasteiger charge is -2.38. The van der Waals surface area contributed by atoms with Crippen LogP contribution in [-0.4, -0.2) is 48.5 Å². The topological polar surface area (TPSA) is 122 Å². The van der Waals surface area contributed by atoms with E-state index in [4.69, 9.17) is 9.47 Å². The Morgan fingerprint density at radius 2 is 1.62 bits per heavy atom. The Balaban J connectivity index is 1.91. The number of benzene rings is 2. The van der Waals surface area contributed by atoms with Crippen molar-refractivity contribution < 1.29 is 37.1 Å². The summed E-state index contributed by atoms with van der Waals surface area (Å²) in [6.45, 7) is 1.49. The lowest BCUT2D eigenvalue weighted by Crippen LogP contribution is -2.59. The van der Waals surface area contributed by atoms with Crippen LogP contribution in [0, 0.1) is 5.82 Å². The Hall–Kier alpha value is -3.02. The zero-order chi connectivity index (χ0) is 24.8. The van der Waals surface area contributed by atoms with Gasteiger partial charge in [0.15, 0.2) is 0 Å². The summed E-state index contributed by atoms with van der Waals surface area (Å²) in [7, 11) is -4.26. The number of ether oxygens (including phenoxy) is 2. The lowest BCUT2D eigenvalue weighted by atomic mass is 9.96.